The molecule has 0 saturated carbocycles. The Morgan fingerprint density at radius 3 is 2.55 bits per heavy atom. The van der Waals surface area contributed by atoms with Crippen LogP contribution in [0.1, 0.15) is 23.0 Å². The van der Waals surface area contributed by atoms with Crippen LogP contribution >= 0.6 is 12.2 Å². The number of benzene rings is 1. The van der Waals surface area contributed by atoms with Crippen LogP contribution in [0.5, 0.6) is 5.75 Å². The summed E-state index contributed by atoms with van der Waals surface area (Å²) in [6.45, 7) is 1.70. The Morgan fingerprint density at radius 1 is 1.14 bits per heavy atom. The minimum Gasteiger partial charge on any atom is -0.484 e. The van der Waals surface area contributed by atoms with E-state index in [1.165, 1.54) is 30.5 Å². The summed E-state index contributed by atoms with van der Waals surface area (Å²) >= 11 is 4.90. The third kappa shape index (κ3) is 7.85. The van der Waals surface area contributed by atoms with Gasteiger partial charge in [-0.15, -0.1) is 0 Å². The van der Waals surface area contributed by atoms with E-state index in [0.717, 1.165) is 0 Å². The second-order valence-electron chi connectivity index (χ2n) is 5.37. The lowest BCUT2D eigenvalue weighted by atomic mass is 10.2. The zero-order valence-electron chi connectivity index (χ0n) is 15.5. The van der Waals surface area contributed by atoms with Crippen molar-refractivity contribution in [3.63, 3.8) is 0 Å². The number of carbonyl (C=O) groups excluding carboxylic acids is 3. The van der Waals surface area contributed by atoms with Gasteiger partial charge < -0.3 is 13.9 Å². The van der Waals surface area contributed by atoms with Crippen LogP contribution in [0, 0.1) is 0 Å². The van der Waals surface area contributed by atoms with Crippen molar-refractivity contribution in [1.29, 1.82) is 0 Å². The molecule has 0 aliphatic carbocycles. The lowest BCUT2D eigenvalue weighted by Gasteiger charge is -2.10. The number of carbonyl (C=O) groups is 3. The van der Waals surface area contributed by atoms with Crippen LogP contribution in [0.3, 0.4) is 0 Å². The molecule has 29 heavy (non-hydrogen) atoms. The molecule has 152 valence electrons. The molecule has 2 aromatic rings. The van der Waals surface area contributed by atoms with Crippen LogP contribution in [0.2, 0.25) is 0 Å². The lowest BCUT2D eigenvalue weighted by molar-refractivity contribution is -0.123. The zero-order valence-corrected chi connectivity index (χ0v) is 16.3. The molecule has 0 spiro atoms. The smallest absolute Gasteiger partial charge is 0.338 e. The van der Waals surface area contributed by atoms with Gasteiger partial charge in [0, 0.05) is 6.08 Å². The van der Waals surface area contributed by atoms with Crippen molar-refractivity contribution in [2.24, 2.45) is 0 Å². The van der Waals surface area contributed by atoms with Crippen molar-refractivity contribution in [3.05, 3.63) is 60.1 Å². The van der Waals surface area contributed by atoms with Gasteiger partial charge in [0.25, 0.3) is 5.91 Å². The number of hydrogen-bond acceptors (Lipinski definition) is 7. The zero-order chi connectivity index (χ0) is 21.1. The van der Waals surface area contributed by atoms with Gasteiger partial charge in [-0.1, -0.05) is 0 Å². The molecule has 0 aliphatic rings. The number of hydrazine groups is 1. The van der Waals surface area contributed by atoms with Gasteiger partial charge >= 0.3 is 5.97 Å². The fourth-order valence-electron chi connectivity index (χ4n) is 1.94. The Balaban J connectivity index is 1.67. The van der Waals surface area contributed by atoms with E-state index in [2.05, 4.69) is 16.2 Å². The Hall–Kier alpha value is -3.66. The van der Waals surface area contributed by atoms with Gasteiger partial charge in [0.15, 0.2) is 11.7 Å². The van der Waals surface area contributed by atoms with Gasteiger partial charge in [-0.05, 0) is 61.6 Å². The summed E-state index contributed by atoms with van der Waals surface area (Å²) in [4.78, 5) is 35.0. The molecule has 0 unspecified atom stereocenters. The highest BCUT2D eigenvalue weighted by Gasteiger charge is 2.08. The first kappa shape index (κ1) is 21.6. The molecule has 0 fully saturated rings. The van der Waals surface area contributed by atoms with E-state index in [-0.39, 0.29) is 18.3 Å². The van der Waals surface area contributed by atoms with Crippen LogP contribution < -0.4 is 20.9 Å². The first-order valence-electron chi connectivity index (χ1n) is 8.49. The number of amides is 2. The number of thiocarbonyl (C=S) groups is 1. The number of esters is 1. The van der Waals surface area contributed by atoms with Gasteiger partial charge in [-0.25, -0.2) is 4.79 Å². The van der Waals surface area contributed by atoms with Gasteiger partial charge in [-0.3, -0.25) is 25.8 Å². The van der Waals surface area contributed by atoms with Crippen LogP contribution in [-0.4, -0.2) is 36.1 Å². The number of hydrogen-bond donors (Lipinski definition) is 3. The van der Waals surface area contributed by atoms with E-state index >= 15 is 0 Å². The maximum absolute atomic E-state index is 11.8. The number of rotatable bonds is 7. The average molecular weight is 417 g/mol. The van der Waals surface area contributed by atoms with E-state index in [4.69, 9.17) is 26.1 Å². The Labute approximate surface area is 172 Å². The van der Waals surface area contributed by atoms with Crippen molar-refractivity contribution < 1.29 is 28.3 Å². The molecule has 0 radical (unpaired) electrons. The second kappa shape index (κ2) is 11.2. The predicted octanol–water partition coefficient (Wildman–Crippen LogP) is 1.57. The number of nitrogens with one attached hydrogen (secondary N) is 3. The molecular weight excluding hydrogens is 398 g/mol. The molecular formula is C19H19N3O6S. The third-order valence-corrected chi connectivity index (χ3v) is 3.43. The molecule has 1 heterocycles. The topological polar surface area (TPSA) is 119 Å². The van der Waals surface area contributed by atoms with Crippen LogP contribution in [-0.2, 0) is 14.3 Å². The quantitative estimate of drug-likeness (QED) is 0.269. The molecule has 2 amide bonds. The van der Waals surface area contributed by atoms with Gasteiger partial charge in [0.1, 0.15) is 11.5 Å². The highest BCUT2D eigenvalue weighted by molar-refractivity contribution is 7.80. The predicted molar refractivity (Wildman–Crippen MR) is 108 cm³/mol. The first-order valence-corrected chi connectivity index (χ1v) is 8.90. The Kier molecular flexibility index (Phi) is 8.39. The van der Waals surface area contributed by atoms with Crippen molar-refractivity contribution >= 4 is 41.2 Å². The standard InChI is InChI=1S/C19H19N3O6S/c1-2-26-18(25)13-5-7-15(8-6-13)28-12-17(24)21-22-19(29)20-16(23)10-9-14-4-3-11-27-14/h3-11H,2,12H2,1H3,(H,21,24)(H2,20,22,23,29)/b10-9+. The van der Waals surface area contributed by atoms with Gasteiger partial charge in [0.2, 0.25) is 5.91 Å². The summed E-state index contributed by atoms with van der Waals surface area (Å²) in [5.41, 5.74) is 5.05. The minimum atomic E-state index is -0.526. The van der Waals surface area contributed by atoms with E-state index < -0.39 is 17.8 Å². The average Bonchev–Trinajstić information content (AvgIpc) is 3.23. The first-order chi connectivity index (χ1) is 14.0. The highest BCUT2D eigenvalue weighted by Crippen LogP contribution is 2.12. The molecule has 10 heteroatoms. The fourth-order valence-corrected chi connectivity index (χ4v) is 2.09. The van der Waals surface area contributed by atoms with E-state index in [0.29, 0.717) is 17.1 Å². The molecule has 9 nitrogen and oxygen atoms in total. The van der Waals surface area contributed by atoms with Crippen LogP contribution in [0.15, 0.2) is 53.2 Å². The van der Waals surface area contributed by atoms with Gasteiger partial charge in [0.05, 0.1) is 18.4 Å². The summed E-state index contributed by atoms with van der Waals surface area (Å²) in [7, 11) is 0. The monoisotopic (exact) mass is 417 g/mol. The maximum Gasteiger partial charge on any atom is 0.338 e. The lowest BCUT2D eigenvalue weighted by Crippen LogP contribution is -2.49. The third-order valence-electron chi connectivity index (χ3n) is 3.23. The molecule has 3 N–H and O–H groups in total. The normalized spacial score (nSPS) is 10.2. The van der Waals surface area contributed by atoms with Gasteiger partial charge in [-0.2, -0.15) is 0 Å². The largest absolute Gasteiger partial charge is 0.484 e. The van der Waals surface area contributed by atoms with E-state index in [1.807, 2.05) is 0 Å². The van der Waals surface area contributed by atoms with Crippen molar-refractivity contribution in [3.8, 4) is 5.75 Å². The Bertz CT molecular complexity index is 878. The summed E-state index contributed by atoms with van der Waals surface area (Å²) in [5, 5.41) is 2.26. The minimum absolute atomic E-state index is 0.0914. The SMILES string of the molecule is CCOC(=O)c1ccc(OCC(=O)NNC(=S)NC(=O)/C=C/c2ccco2)cc1. The van der Waals surface area contributed by atoms with E-state index in [1.54, 1.807) is 31.2 Å². The molecule has 0 atom stereocenters. The Morgan fingerprint density at radius 2 is 1.90 bits per heavy atom. The van der Waals surface area contributed by atoms with Crippen molar-refractivity contribution in [2.75, 3.05) is 13.2 Å². The van der Waals surface area contributed by atoms with Crippen LogP contribution in [0.25, 0.3) is 6.08 Å². The molecule has 0 bridgehead atoms. The molecule has 2 rings (SSSR count). The highest BCUT2D eigenvalue weighted by atomic mass is 32.1. The maximum atomic E-state index is 11.8. The number of ether oxygens (including phenoxy) is 2. The van der Waals surface area contributed by atoms with Crippen LogP contribution in [0.4, 0.5) is 0 Å². The van der Waals surface area contributed by atoms with Crippen molar-refractivity contribution in [1.82, 2.24) is 16.2 Å². The molecule has 0 saturated heterocycles. The summed E-state index contributed by atoms with van der Waals surface area (Å²) in [6.07, 6.45) is 4.19. The van der Waals surface area contributed by atoms with Crippen molar-refractivity contribution in [2.45, 2.75) is 6.92 Å². The van der Waals surface area contributed by atoms with E-state index in [9.17, 15) is 14.4 Å². The molecule has 0 aliphatic heterocycles. The second-order valence-corrected chi connectivity index (χ2v) is 5.78. The number of furan rings is 1. The summed E-state index contributed by atoms with van der Waals surface area (Å²) in [5.74, 6) is -0.546. The molecule has 1 aromatic carbocycles. The summed E-state index contributed by atoms with van der Waals surface area (Å²) in [6, 6.07) is 9.53. The summed E-state index contributed by atoms with van der Waals surface area (Å²) < 4.78 is 15.2. The molecule has 1 aromatic heterocycles. The fraction of sp³-hybridized carbons (Fsp3) is 0.158.